The van der Waals surface area contributed by atoms with Crippen molar-refractivity contribution >= 4 is 29.1 Å². The van der Waals surface area contributed by atoms with Gasteiger partial charge in [-0.1, -0.05) is 0 Å². The van der Waals surface area contributed by atoms with Gasteiger partial charge in [0, 0.05) is 43.9 Å². The zero-order valence-electron chi connectivity index (χ0n) is 17.1. The number of hydrogen-bond acceptors (Lipinski definition) is 6. The van der Waals surface area contributed by atoms with Crippen molar-refractivity contribution in [3.63, 3.8) is 0 Å². The molecule has 3 N–H and O–H groups in total. The van der Waals surface area contributed by atoms with Crippen LogP contribution in [0.15, 0.2) is 18.2 Å². The smallest absolute Gasteiger partial charge is 0.399 e. The number of carbonyl (C=O) groups is 1. The van der Waals surface area contributed by atoms with Gasteiger partial charge in [0.25, 0.3) is 0 Å². The van der Waals surface area contributed by atoms with Crippen LogP contribution in [0.1, 0.15) is 22.4 Å². The number of nitrogens with one attached hydrogen (secondary N) is 1. The van der Waals surface area contributed by atoms with Crippen LogP contribution in [0.5, 0.6) is 0 Å². The SMILES string of the molecule is Nc1cc(CNc2nc(Cl)nc3c2CN(C(=O)N2CCOCC2)CC3)cc(C(F)(F)F)c1. The number of aromatic nitrogens is 2. The van der Waals surface area contributed by atoms with Gasteiger partial charge in [-0.05, 0) is 35.4 Å². The van der Waals surface area contributed by atoms with Crippen molar-refractivity contribution in [1.82, 2.24) is 19.8 Å². The number of rotatable bonds is 3. The van der Waals surface area contributed by atoms with Crippen LogP contribution < -0.4 is 11.1 Å². The first kappa shape index (κ1) is 22.4. The fourth-order valence-corrected chi connectivity index (χ4v) is 4.00. The van der Waals surface area contributed by atoms with Gasteiger partial charge in [-0.25, -0.2) is 14.8 Å². The lowest BCUT2D eigenvalue weighted by molar-refractivity contribution is -0.137. The molecule has 3 heterocycles. The highest BCUT2D eigenvalue weighted by molar-refractivity contribution is 6.28. The molecule has 2 aliphatic heterocycles. The van der Waals surface area contributed by atoms with Crippen LogP contribution >= 0.6 is 11.6 Å². The minimum atomic E-state index is -4.50. The lowest BCUT2D eigenvalue weighted by atomic mass is 10.1. The number of nitrogens with two attached hydrogens (primary N) is 1. The molecule has 0 atom stereocenters. The highest BCUT2D eigenvalue weighted by Crippen LogP contribution is 2.32. The number of carbonyl (C=O) groups excluding carboxylic acids is 1. The Labute approximate surface area is 187 Å². The van der Waals surface area contributed by atoms with Crippen molar-refractivity contribution in [2.75, 3.05) is 43.9 Å². The molecule has 1 saturated heterocycles. The molecule has 0 spiro atoms. The van der Waals surface area contributed by atoms with Crippen LogP contribution in [0.25, 0.3) is 0 Å². The van der Waals surface area contributed by atoms with Crippen molar-refractivity contribution in [2.24, 2.45) is 0 Å². The van der Waals surface area contributed by atoms with Gasteiger partial charge in [0.2, 0.25) is 5.28 Å². The van der Waals surface area contributed by atoms with Crippen molar-refractivity contribution < 1.29 is 22.7 Å². The van der Waals surface area contributed by atoms with Crippen LogP contribution in [0.3, 0.4) is 0 Å². The molecule has 0 radical (unpaired) electrons. The zero-order chi connectivity index (χ0) is 22.9. The molecule has 0 unspecified atom stereocenters. The maximum absolute atomic E-state index is 13.1. The highest BCUT2D eigenvalue weighted by Gasteiger charge is 2.31. The average Bonchev–Trinajstić information content (AvgIpc) is 2.76. The summed E-state index contributed by atoms with van der Waals surface area (Å²) in [6.45, 7) is 2.87. The second-order valence-corrected chi connectivity index (χ2v) is 7.97. The van der Waals surface area contributed by atoms with E-state index in [9.17, 15) is 18.0 Å². The predicted octanol–water partition coefficient (Wildman–Crippen LogP) is 3.15. The van der Waals surface area contributed by atoms with E-state index in [1.807, 2.05) is 0 Å². The first-order valence-electron chi connectivity index (χ1n) is 10.1. The molecule has 32 heavy (non-hydrogen) atoms. The predicted molar refractivity (Wildman–Crippen MR) is 112 cm³/mol. The van der Waals surface area contributed by atoms with E-state index in [0.29, 0.717) is 61.9 Å². The van der Waals surface area contributed by atoms with Crippen molar-refractivity contribution in [1.29, 1.82) is 0 Å². The maximum Gasteiger partial charge on any atom is 0.416 e. The number of nitrogen functional groups attached to an aromatic ring is 1. The van der Waals surface area contributed by atoms with Gasteiger partial charge >= 0.3 is 12.2 Å². The summed E-state index contributed by atoms with van der Waals surface area (Å²) in [6, 6.07) is 3.30. The summed E-state index contributed by atoms with van der Waals surface area (Å²) in [5.41, 5.74) is 6.60. The fraction of sp³-hybridized carbons (Fsp3) is 0.450. The molecule has 4 rings (SSSR count). The summed E-state index contributed by atoms with van der Waals surface area (Å²) in [7, 11) is 0. The molecule has 1 aromatic heterocycles. The number of fused-ring (bicyclic) bond motifs is 1. The van der Waals surface area contributed by atoms with E-state index in [2.05, 4.69) is 15.3 Å². The van der Waals surface area contributed by atoms with Crippen LogP contribution in [-0.4, -0.2) is 58.6 Å². The zero-order valence-corrected chi connectivity index (χ0v) is 17.8. The molecule has 0 bridgehead atoms. The monoisotopic (exact) mass is 470 g/mol. The fourth-order valence-electron chi connectivity index (χ4n) is 3.82. The standard InChI is InChI=1S/C20H22ClF3N6O2/c21-18-27-16-1-2-30(19(31)29-3-5-32-6-4-29)11-15(16)17(28-18)26-10-12-7-13(20(22,23)24)9-14(25)8-12/h7-9H,1-6,10-11,25H2,(H,26,27,28). The Hall–Kier alpha value is -2.79. The number of anilines is 2. The summed E-state index contributed by atoms with van der Waals surface area (Å²) in [4.78, 5) is 24.8. The largest absolute Gasteiger partial charge is 0.416 e. The minimum absolute atomic E-state index is 0.0154. The summed E-state index contributed by atoms with van der Waals surface area (Å²) >= 11 is 6.06. The van der Waals surface area contributed by atoms with E-state index in [-0.39, 0.29) is 30.1 Å². The van der Waals surface area contributed by atoms with Crippen molar-refractivity contribution in [2.45, 2.75) is 25.7 Å². The third-order valence-electron chi connectivity index (χ3n) is 5.39. The van der Waals surface area contributed by atoms with Crippen molar-refractivity contribution in [3.8, 4) is 0 Å². The quantitative estimate of drug-likeness (QED) is 0.528. The van der Waals surface area contributed by atoms with E-state index >= 15 is 0 Å². The molecule has 1 fully saturated rings. The third-order valence-corrected chi connectivity index (χ3v) is 5.56. The number of ether oxygens (including phenoxy) is 1. The molecule has 172 valence electrons. The lowest BCUT2D eigenvalue weighted by Gasteiger charge is -2.35. The Kier molecular flexibility index (Phi) is 6.29. The molecule has 0 saturated carbocycles. The number of amides is 2. The van der Waals surface area contributed by atoms with Gasteiger partial charge in [0.05, 0.1) is 31.0 Å². The van der Waals surface area contributed by atoms with Crippen LogP contribution in [0.4, 0.5) is 29.5 Å². The van der Waals surface area contributed by atoms with E-state index in [1.165, 1.54) is 6.07 Å². The van der Waals surface area contributed by atoms with Crippen LogP contribution in [0.2, 0.25) is 5.28 Å². The summed E-state index contributed by atoms with van der Waals surface area (Å²) in [5, 5.41) is 3.08. The number of benzene rings is 1. The summed E-state index contributed by atoms with van der Waals surface area (Å²) < 4.78 is 44.6. The average molecular weight is 471 g/mol. The van der Waals surface area contributed by atoms with Gasteiger partial charge in [0.1, 0.15) is 5.82 Å². The molecule has 0 aliphatic carbocycles. The van der Waals surface area contributed by atoms with Gasteiger partial charge in [-0.3, -0.25) is 0 Å². The first-order chi connectivity index (χ1) is 15.2. The summed E-state index contributed by atoms with van der Waals surface area (Å²) in [6.07, 6.45) is -4.00. The number of morpholine rings is 1. The molecular formula is C20H22ClF3N6O2. The number of nitrogens with zero attached hydrogens (tertiary/aromatic N) is 4. The molecule has 2 aromatic rings. The first-order valence-corrected chi connectivity index (χ1v) is 10.5. The van der Waals surface area contributed by atoms with E-state index in [1.54, 1.807) is 9.80 Å². The maximum atomic E-state index is 13.1. The lowest BCUT2D eigenvalue weighted by Crippen LogP contribution is -2.49. The topological polar surface area (TPSA) is 96.6 Å². The van der Waals surface area contributed by atoms with E-state index < -0.39 is 11.7 Å². The van der Waals surface area contributed by atoms with Gasteiger partial charge in [-0.15, -0.1) is 0 Å². The Balaban J connectivity index is 1.53. The van der Waals surface area contributed by atoms with Crippen molar-refractivity contribution in [3.05, 3.63) is 45.9 Å². The molecule has 8 nitrogen and oxygen atoms in total. The second kappa shape index (κ2) is 8.99. The molecule has 2 amide bonds. The summed E-state index contributed by atoms with van der Waals surface area (Å²) in [5.74, 6) is 0.385. The minimum Gasteiger partial charge on any atom is -0.399 e. The van der Waals surface area contributed by atoms with Gasteiger partial charge in [0.15, 0.2) is 0 Å². The highest BCUT2D eigenvalue weighted by atomic mass is 35.5. The number of urea groups is 1. The number of hydrogen-bond donors (Lipinski definition) is 2. The normalized spacial score (nSPS) is 16.6. The van der Waals surface area contributed by atoms with E-state index in [4.69, 9.17) is 22.1 Å². The molecule has 12 heteroatoms. The van der Waals surface area contributed by atoms with Gasteiger partial charge in [-0.2, -0.15) is 13.2 Å². The molecule has 2 aliphatic rings. The van der Waals surface area contributed by atoms with Gasteiger partial charge < -0.3 is 25.6 Å². The Bertz CT molecular complexity index is 1010. The number of alkyl halides is 3. The van der Waals surface area contributed by atoms with E-state index in [0.717, 1.165) is 12.1 Å². The Morgan fingerprint density at radius 2 is 1.91 bits per heavy atom. The third kappa shape index (κ3) is 4.99. The van der Waals surface area contributed by atoms with Crippen LogP contribution in [0, 0.1) is 0 Å². The Morgan fingerprint density at radius 1 is 1.16 bits per heavy atom. The molecule has 1 aromatic carbocycles. The molecular weight excluding hydrogens is 449 g/mol. The Morgan fingerprint density at radius 3 is 2.62 bits per heavy atom. The van der Waals surface area contributed by atoms with Crippen LogP contribution in [-0.2, 0) is 30.4 Å². The number of halogens is 4. The second-order valence-electron chi connectivity index (χ2n) is 7.63.